The third-order valence-electron chi connectivity index (χ3n) is 4.70. The summed E-state index contributed by atoms with van der Waals surface area (Å²) in [6, 6.07) is -0.493. The largest absolute Gasteiger partial charge is 0.391 e. The summed E-state index contributed by atoms with van der Waals surface area (Å²) in [5, 5.41) is 5.71. The van der Waals surface area contributed by atoms with Crippen LogP contribution in [0.1, 0.15) is 51.9 Å². The first-order chi connectivity index (χ1) is 10.4. The van der Waals surface area contributed by atoms with E-state index in [9.17, 15) is 18.0 Å². The first-order valence-electron chi connectivity index (χ1n) is 8.15. The van der Waals surface area contributed by atoms with Crippen LogP contribution in [-0.2, 0) is 4.74 Å². The Labute approximate surface area is 129 Å². The number of halogens is 3. The van der Waals surface area contributed by atoms with Crippen molar-refractivity contribution in [3.8, 4) is 0 Å². The van der Waals surface area contributed by atoms with Gasteiger partial charge in [-0.25, -0.2) is 4.79 Å². The molecule has 1 saturated carbocycles. The van der Waals surface area contributed by atoms with Crippen molar-refractivity contribution in [3.63, 3.8) is 0 Å². The lowest BCUT2D eigenvalue weighted by Gasteiger charge is -2.31. The number of rotatable bonds is 4. The van der Waals surface area contributed by atoms with E-state index >= 15 is 0 Å². The van der Waals surface area contributed by atoms with Gasteiger partial charge in [0.15, 0.2) is 0 Å². The Hall–Kier alpha value is -0.980. The average Bonchev–Trinajstić information content (AvgIpc) is 2.98. The fraction of sp³-hybridized carbons (Fsp3) is 0.933. The minimum absolute atomic E-state index is 0.0333. The number of amides is 2. The highest BCUT2D eigenvalue weighted by molar-refractivity contribution is 5.74. The van der Waals surface area contributed by atoms with E-state index in [1.54, 1.807) is 0 Å². The Balaban J connectivity index is 1.73. The molecule has 0 spiro atoms. The summed E-state index contributed by atoms with van der Waals surface area (Å²) in [7, 11) is 0. The number of nitrogens with one attached hydrogen (secondary N) is 2. The molecule has 128 valence electrons. The molecular formula is C15H25F3N2O2. The van der Waals surface area contributed by atoms with Gasteiger partial charge in [-0.1, -0.05) is 6.92 Å². The third-order valence-corrected chi connectivity index (χ3v) is 4.70. The van der Waals surface area contributed by atoms with E-state index in [4.69, 9.17) is 4.74 Å². The van der Waals surface area contributed by atoms with Gasteiger partial charge in [0.2, 0.25) is 0 Å². The molecule has 2 rings (SSSR count). The van der Waals surface area contributed by atoms with Gasteiger partial charge in [-0.05, 0) is 44.9 Å². The molecule has 1 aliphatic carbocycles. The van der Waals surface area contributed by atoms with E-state index in [-0.39, 0.29) is 37.1 Å². The molecule has 0 aromatic rings. The summed E-state index contributed by atoms with van der Waals surface area (Å²) in [4.78, 5) is 12.0. The van der Waals surface area contributed by atoms with Crippen LogP contribution < -0.4 is 10.6 Å². The normalized spacial score (nSPS) is 30.8. The van der Waals surface area contributed by atoms with Gasteiger partial charge in [0, 0.05) is 12.6 Å². The fourth-order valence-corrected chi connectivity index (χ4v) is 3.34. The summed E-state index contributed by atoms with van der Waals surface area (Å²) in [5.41, 5.74) is 0. The fourth-order valence-electron chi connectivity index (χ4n) is 3.34. The van der Waals surface area contributed by atoms with Gasteiger partial charge in [0.1, 0.15) is 0 Å². The second kappa shape index (κ2) is 7.53. The third kappa shape index (κ3) is 4.76. The molecule has 0 bridgehead atoms. The van der Waals surface area contributed by atoms with Crippen molar-refractivity contribution in [2.24, 2.45) is 5.92 Å². The van der Waals surface area contributed by atoms with E-state index < -0.39 is 12.1 Å². The first-order valence-corrected chi connectivity index (χ1v) is 8.15. The van der Waals surface area contributed by atoms with Crippen LogP contribution in [0.2, 0.25) is 0 Å². The second-order valence-electron chi connectivity index (χ2n) is 6.27. The minimum Gasteiger partial charge on any atom is -0.376 e. The Morgan fingerprint density at radius 3 is 2.41 bits per heavy atom. The molecule has 22 heavy (non-hydrogen) atoms. The van der Waals surface area contributed by atoms with Gasteiger partial charge in [-0.2, -0.15) is 13.2 Å². The summed E-state index contributed by atoms with van der Waals surface area (Å²) < 4.78 is 43.4. The van der Waals surface area contributed by atoms with Crippen LogP contribution in [0.3, 0.4) is 0 Å². The van der Waals surface area contributed by atoms with Crippen LogP contribution in [0.25, 0.3) is 0 Å². The Morgan fingerprint density at radius 1 is 1.23 bits per heavy atom. The monoisotopic (exact) mass is 322 g/mol. The minimum atomic E-state index is -4.11. The van der Waals surface area contributed by atoms with Crippen molar-refractivity contribution in [3.05, 3.63) is 0 Å². The number of hydrogen-bond donors (Lipinski definition) is 2. The van der Waals surface area contributed by atoms with Crippen LogP contribution >= 0.6 is 0 Å². The van der Waals surface area contributed by atoms with Crippen molar-refractivity contribution >= 4 is 6.03 Å². The SMILES string of the molecule is CC[C@@H](NC(=O)NC1CCC(C(F)(F)F)CC1)[C@H]1CCCO1. The van der Waals surface area contributed by atoms with Crippen molar-refractivity contribution < 1.29 is 22.7 Å². The average molecular weight is 322 g/mol. The molecule has 1 heterocycles. The molecule has 2 N–H and O–H groups in total. The lowest BCUT2D eigenvalue weighted by atomic mass is 9.85. The first kappa shape index (κ1) is 17.4. The lowest BCUT2D eigenvalue weighted by Crippen LogP contribution is -2.50. The topological polar surface area (TPSA) is 50.4 Å². The molecule has 2 amide bonds. The molecule has 2 fully saturated rings. The Morgan fingerprint density at radius 2 is 1.91 bits per heavy atom. The molecule has 1 saturated heterocycles. The number of carbonyl (C=O) groups excluding carboxylic acids is 1. The van der Waals surface area contributed by atoms with Crippen LogP contribution in [0, 0.1) is 5.92 Å². The van der Waals surface area contributed by atoms with Crippen molar-refractivity contribution in [1.29, 1.82) is 0 Å². The van der Waals surface area contributed by atoms with Gasteiger partial charge in [-0.15, -0.1) is 0 Å². The molecule has 1 aliphatic heterocycles. The number of alkyl halides is 3. The number of urea groups is 1. The van der Waals surface area contributed by atoms with Gasteiger partial charge in [0.25, 0.3) is 0 Å². The van der Waals surface area contributed by atoms with Crippen LogP contribution in [0.15, 0.2) is 0 Å². The quantitative estimate of drug-likeness (QED) is 0.834. The van der Waals surface area contributed by atoms with Crippen LogP contribution in [-0.4, -0.2) is 37.0 Å². The zero-order chi connectivity index (χ0) is 16.2. The maximum Gasteiger partial charge on any atom is 0.391 e. The molecule has 2 atom stereocenters. The molecule has 0 unspecified atom stereocenters. The molecule has 7 heteroatoms. The Kier molecular flexibility index (Phi) is 5.94. The van der Waals surface area contributed by atoms with Gasteiger partial charge in [-0.3, -0.25) is 0 Å². The zero-order valence-corrected chi connectivity index (χ0v) is 12.9. The maximum atomic E-state index is 12.6. The zero-order valence-electron chi connectivity index (χ0n) is 12.9. The highest BCUT2D eigenvalue weighted by Gasteiger charge is 2.41. The number of ether oxygens (including phenoxy) is 1. The summed E-state index contributed by atoms with van der Waals surface area (Å²) >= 11 is 0. The standard InChI is InChI=1S/C15H25F3N2O2/c1-2-12(13-4-3-9-22-13)20-14(21)19-11-7-5-10(6-8-11)15(16,17)18/h10-13H,2-9H2,1H3,(H2,19,20,21)/t10?,11?,12-,13-/m1/s1. The van der Waals surface area contributed by atoms with Crippen molar-refractivity contribution in [1.82, 2.24) is 10.6 Å². The predicted octanol–water partition coefficient (Wildman–Crippen LogP) is 3.36. The molecule has 0 aromatic carbocycles. The lowest BCUT2D eigenvalue weighted by molar-refractivity contribution is -0.182. The molecule has 0 aromatic heterocycles. The predicted molar refractivity (Wildman–Crippen MR) is 76.5 cm³/mol. The summed E-state index contributed by atoms with van der Waals surface area (Å²) in [5.74, 6) is -1.22. The second-order valence-corrected chi connectivity index (χ2v) is 6.27. The highest BCUT2D eigenvalue weighted by Crippen LogP contribution is 2.37. The van der Waals surface area contributed by atoms with E-state index in [2.05, 4.69) is 10.6 Å². The number of hydrogen-bond acceptors (Lipinski definition) is 2. The van der Waals surface area contributed by atoms with Crippen LogP contribution in [0.4, 0.5) is 18.0 Å². The maximum absolute atomic E-state index is 12.6. The molecular weight excluding hydrogens is 297 g/mol. The van der Waals surface area contributed by atoms with Gasteiger partial charge >= 0.3 is 12.2 Å². The molecule has 0 radical (unpaired) electrons. The summed E-state index contributed by atoms with van der Waals surface area (Å²) in [6.45, 7) is 2.72. The molecule has 4 nitrogen and oxygen atoms in total. The number of carbonyl (C=O) groups is 1. The van der Waals surface area contributed by atoms with Crippen molar-refractivity contribution in [2.75, 3.05) is 6.61 Å². The van der Waals surface area contributed by atoms with Crippen LogP contribution in [0.5, 0.6) is 0 Å². The molecule has 2 aliphatic rings. The van der Waals surface area contributed by atoms with Gasteiger partial charge < -0.3 is 15.4 Å². The summed E-state index contributed by atoms with van der Waals surface area (Å²) in [6.07, 6.45) is -0.380. The Bertz CT molecular complexity index is 362. The van der Waals surface area contributed by atoms with E-state index in [1.807, 2.05) is 6.92 Å². The van der Waals surface area contributed by atoms with E-state index in [0.29, 0.717) is 12.8 Å². The smallest absolute Gasteiger partial charge is 0.376 e. The van der Waals surface area contributed by atoms with E-state index in [1.165, 1.54) is 0 Å². The highest BCUT2D eigenvalue weighted by atomic mass is 19.4. The van der Waals surface area contributed by atoms with Gasteiger partial charge in [0.05, 0.1) is 18.1 Å². The van der Waals surface area contributed by atoms with E-state index in [0.717, 1.165) is 25.9 Å². The van der Waals surface area contributed by atoms with Crippen molar-refractivity contribution in [2.45, 2.75) is 76.2 Å².